The summed E-state index contributed by atoms with van der Waals surface area (Å²) in [4.78, 5) is 19.0. The summed E-state index contributed by atoms with van der Waals surface area (Å²) >= 11 is 11.6. The number of aromatic nitrogens is 3. The summed E-state index contributed by atoms with van der Waals surface area (Å²) in [5.74, 6) is 2.40. The lowest BCUT2D eigenvalue weighted by molar-refractivity contribution is -0.113. The lowest BCUT2D eigenvalue weighted by Crippen LogP contribution is -2.31. The highest BCUT2D eigenvalue weighted by Crippen LogP contribution is 2.44. The van der Waals surface area contributed by atoms with Crippen LogP contribution in [0.15, 0.2) is 112 Å². The topological polar surface area (TPSA) is 99.5 Å². The molecule has 1 atom stereocenters. The van der Waals surface area contributed by atoms with Crippen molar-refractivity contribution in [3.63, 3.8) is 0 Å². The molecule has 1 aliphatic heterocycles. The smallest absolute Gasteiger partial charge is 0.255 e. The van der Waals surface area contributed by atoms with Gasteiger partial charge in [-0.2, -0.15) is 4.98 Å². The van der Waals surface area contributed by atoms with Crippen molar-refractivity contribution in [2.75, 3.05) is 24.4 Å². The molecule has 2 heterocycles. The monoisotopic (exact) mass is 745 g/mol. The SMILES string of the molecule is CCOc1ccccc1NC(=O)C1=C(C)Nc2nc(SCc3ccccc3Cl)nn2C1c1cc(Br)c(OCc2ccccc2)c(OC)c1. The van der Waals surface area contributed by atoms with E-state index in [1.165, 1.54) is 11.8 Å². The van der Waals surface area contributed by atoms with E-state index in [1.54, 1.807) is 11.8 Å². The minimum Gasteiger partial charge on any atom is -0.493 e. The van der Waals surface area contributed by atoms with Crippen LogP contribution in [0.2, 0.25) is 5.02 Å². The predicted molar refractivity (Wildman–Crippen MR) is 193 cm³/mol. The van der Waals surface area contributed by atoms with Gasteiger partial charge >= 0.3 is 0 Å². The molecule has 1 aromatic heterocycles. The average Bonchev–Trinajstić information content (AvgIpc) is 3.50. The number of hydrogen-bond donors (Lipinski definition) is 2. The zero-order valence-electron chi connectivity index (χ0n) is 26.5. The van der Waals surface area contributed by atoms with Crippen LogP contribution in [0.4, 0.5) is 11.6 Å². The van der Waals surface area contributed by atoms with Gasteiger partial charge in [-0.1, -0.05) is 84.0 Å². The van der Waals surface area contributed by atoms with Gasteiger partial charge in [-0.3, -0.25) is 4.79 Å². The molecule has 0 saturated carbocycles. The summed E-state index contributed by atoms with van der Waals surface area (Å²) in [5, 5.41) is 12.5. The van der Waals surface area contributed by atoms with Crippen LogP contribution in [0.1, 0.15) is 36.6 Å². The third-order valence-corrected chi connectivity index (χ3v) is 9.47. The molecule has 246 valence electrons. The lowest BCUT2D eigenvalue weighted by Gasteiger charge is -2.29. The molecule has 1 unspecified atom stereocenters. The molecule has 12 heteroatoms. The van der Waals surface area contributed by atoms with Crippen molar-refractivity contribution < 1.29 is 19.0 Å². The molecule has 2 N–H and O–H groups in total. The molecule has 0 radical (unpaired) electrons. The van der Waals surface area contributed by atoms with Crippen molar-refractivity contribution in [2.45, 2.75) is 37.4 Å². The number of methoxy groups -OCH3 is 1. The van der Waals surface area contributed by atoms with Gasteiger partial charge in [-0.15, -0.1) is 5.10 Å². The van der Waals surface area contributed by atoms with Gasteiger partial charge in [0, 0.05) is 16.5 Å². The van der Waals surface area contributed by atoms with Gasteiger partial charge in [0.1, 0.15) is 18.4 Å². The van der Waals surface area contributed by atoms with Gasteiger partial charge in [0.15, 0.2) is 11.5 Å². The number of para-hydroxylation sites is 2. The average molecular weight is 747 g/mol. The molecule has 0 spiro atoms. The van der Waals surface area contributed by atoms with Crippen molar-refractivity contribution in [1.29, 1.82) is 0 Å². The van der Waals surface area contributed by atoms with E-state index in [0.29, 0.717) is 73.8 Å². The molecule has 9 nitrogen and oxygen atoms in total. The molecule has 0 bridgehead atoms. The first-order valence-electron chi connectivity index (χ1n) is 15.2. The van der Waals surface area contributed by atoms with Gasteiger partial charge in [0.2, 0.25) is 11.1 Å². The number of allylic oxidation sites excluding steroid dienone is 1. The Bertz CT molecular complexity index is 1970. The second kappa shape index (κ2) is 15.2. The Morgan fingerprint density at radius 1 is 1.02 bits per heavy atom. The van der Waals surface area contributed by atoms with Crippen molar-refractivity contribution in [1.82, 2.24) is 14.8 Å². The first-order valence-corrected chi connectivity index (χ1v) is 17.4. The lowest BCUT2D eigenvalue weighted by atomic mass is 9.94. The van der Waals surface area contributed by atoms with Crippen LogP contribution in [-0.2, 0) is 17.2 Å². The van der Waals surface area contributed by atoms with E-state index in [2.05, 4.69) is 26.6 Å². The number of thioether (sulfide) groups is 1. The summed E-state index contributed by atoms with van der Waals surface area (Å²) in [5.41, 5.74) is 4.38. The quantitative estimate of drug-likeness (QED) is 0.122. The zero-order valence-corrected chi connectivity index (χ0v) is 29.7. The second-order valence-corrected chi connectivity index (χ2v) is 13.0. The zero-order chi connectivity index (χ0) is 33.6. The molecule has 48 heavy (non-hydrogen) atoms. The molecule has 4 aromatic carbocycles. The molecule has 1 amide bonds. The van der Waals surface area contributed by atoms with E-state index in [9.17, 15) is 4.79 Å². The van der Waals surface area contributed by atoms with Crippen LogP contribution in [0, 0.1) is 0 Å². The molecule has 0 aliphatic carbocycles. The summed E-state index contributed by atoms with van der Waals surface area (Å²) in [6, 6.07) is 28.1. The van der Waals surface area contributed by atoms with Gasteiger partial charge < -0.3 is 24.8 Å². The Morgan fingerprint density at radius 3 is 2.54 bits per heavy atom. The fraction of sp³-hybridized carbons (Fsp3) is 0.194. The molecule has 0 saturated heterocycles. The Kier molecular flexibility index (Phi) is 10.6. The molecule has 0 fully saturated rings. The highest BCUT2D eigenvalue weighted by molar-refractivity contribution is 9.10. The fourth-order valence-electron chi connectivity index (χ4n) is 5.36. The number of hydrogen-bond acceptors (Lipinski definition) is 8. The number of carbonyl (C=O) groups is 1. The van der Waals surface area contributed by atoms with Crippen LogP contribution in [0.25, 0.3) is 0 Å². The Balaban J connectivity index is 1.38. The number of halogens is 2. The number of ether oxygens (including phenoxy) is 3. The minimum atomic E-state index is -0.670. The fourth-order valence-corrected chi connectivity index (χ4v) is 7.05. The van der Waals surface area contributed by atoms with Crippen molar-refractivity contribution in [2.24, 2.45) is 0 Å². The minimum absolute atomic E-state index is 0.317. The number of anilines is 2. The summed E-state index contributed by atoms with van der Waals surface area (Å²) < 4.78 is 20.2. The van der Waals surface area contributed by atoms with Gasteiger partial charge in [-0.05, 0) is 76.8 Å². The van der Waals surface area contributed by atoms with Crippen LogP contribution in [-0.4, -0.2) is 34.4 Å². The standard InChI is InChI=1S/C36H33BrClN5O4S/c1-4-46-29-17-11-10-16-28(29)40-34(44)31-22(2)39-35-41-36(48-21-24-14-8-9-15-27(24)38)42-43(35)32(31)25-18-26(37)33(30(19-25)45-3)47-20-23-12-6-5-7-13-23/h5-19,32H,4,20-21H2,1-3H3,(H,40,44)(H,39,41,42). The van der Waals surface area contributed by atoms with Gasteiger partial charge in [-0.25, -0.2) is 4.68 Å². The number of fused-ring (bicyclic) bond motifs is 1. The first kappa shape index (κ1) is 33.5. The third-order valence-electron chi connectivity index (χ3n) is 7.62. The number of amides is 1. The predicted octanol–water partition coefficient (Wildman–Crippen LogP) is 8.90. The van der Waals surface area contributed by atoms with E-state index < -0.39 is 6.04 Å². The number of nitrogens with one attached hydrogen (secondary N) is 2. The van der Waals surface area contributed by atoms with E-state index in [0.717, 1.165) is 16.7 Å². The second-order valence-electron chi connectivity index (χ2n) is 10.8. The third kappa shape index (κ3) is 7.33. The Labute approximate surface area is 296 Å². The summed E-state index contributed by atoms with van der Waals surface area (Å²) in [7, 11) is 1.59. The van der Waals surface area contributed by atoms with Crippen molar-refractivity contribution >= 4 is 56.8 Å². The maximum atomic E-state index is 14.2. The Hall–Kier alpha value is -4.45. The maximum Gasteiger partial charge on any atom is 0.255 e. The molecular formula is C36H33BrClN5O4S. The van der Waals surface area contributed by atoms with Gasteiger partial charge in [0.25, 0.3) is 5.91 Å². The number of benzene rings is 4. The molecule has 1 aliphatic rings. The van der Waals surface area contributed by atoms with E-state index in [4.69, 9.17) is 35.9 Å². The number of rotatable bonds is 12. The van der Waals surface area contributed by atoms with Crippen molar-refractivity contribution in [3.05, 3.63) is 128 Å². The molecule has 5 aromatic rings. The van der Waals surface area contributed by atoms with Crippen LogP contribution < -0.4 is 24.8 Å². The number of carbonyl (C=O) groups excluding carboxylic acids is 1. The Morgan fingerprint density at radius 2 is 1.77 bits per heavy atom. The highest BCUT2D eigenvalue weighted by atomic mass is 79.9. The van der Waals surface area contributed by atoms with Crippen molar-refractivity contribution in [3.8, 4) is 17.2 Å². The maximum absolute atomic E-state index is 14.2. The van der Waals surface area contributed by atoms with E-state index in [1.807, 2.05) is 105 Å². The first-order chi connectivity index (χ1) is 23.4. The van der Waals surface area contributed by atoms with Crippen LogP contribution >= 0.6 is 39.3 Å². The van der Waals surface area contributed by atoms with E-state index >= 15 is 0 Å². The van der Waals surface area contributed by atoms with Crippen LogP contribution in [0.3, 0.4) is 0 Å². The largest absolute Gasteiger partial charge is 0.493 e. The number of nitrogens with zero attached hydrogens (tertiary/aromatic N) is 3. The van der Waals surface area contributed by atoms with E-state index in [-0.39, 0.29) is 5.91 Å². The highest BCUT2D eigenvalue weighted by Gasteiger charge is 2.36. The summed E-state index contributed by atoms with van der Waals surface area (Å²) in [6.07, 6.45) is 0. The normalized spacial score (nSPS) is 13.8. The summed E-state index contributed by atoms with van der Waals surface area (Å²) in [6.45, 7) is 4.57. The van der Waals surface area contributed by atoms with Gasteiger partial charge in [0.05, 0.1) is 29.4 Å². The molecule has 6 rings (SSSR count). The molecular weight excluding hydrogens is 714 g/mol. The van der Waals surface area contributed by atoms with Crippen LogP contribution in [0.5, 0.6) is 17.2 Å².